The number of nitrogens with one attached hydrogen (secondary N) is 1. The molecule has 0 radical (unpaired) electrons. The molecule has 2 N–H and O–H groups in total. The van der Waals surface area contributed by atoms with Crippen molar-refractivity contribution in [1.29, 1.82) is 0 Å². The van der Waals surface area contributed by atoms with Crippen LogP contribution in [0.15, 0.2) is 24.3 Å². The van der Waals surface area contributed by atoms with Crippen LogP contribution >= 0.6 is 0 Å². The van der Waals surface area contributed by atoms with E-state index in [0.717, 1.165) is 6.54 Å². The molecule has 0 aliphatic rings. The second kappa shape index (κ2) is 6.06. The molecule has 0 unspecified atom stereocenters. The Morgan fingerprint density at radius 1 is 1.00 bits per heavy atom. The van der Waals surface area contributed by atoms with Gasteiger partial charge in [0.2, 0.25) is 0 Å². The summed E-state index contributed by atoms with van der Waals surface area (Å²) in [6.07, 6.45) is 0. The number of hydrogen-bond acceptors (Lipinski definition) is 2. The van der Waals surface area contributed by atoms with Crippen LogP contribution in [0, 0.1) is 0 Å². The van der Waals surface area contributed by atoms with Crippen molar-refractivity contribution >= 4 is 0 Å². The molecule has 0 heterocycles. The van der Waals surface area contributed by atoms with Crippen LogP contribution in [0.4, 0.5) is 0 Å². The minimum Gasteiger partial charge on any atom is -0.389 e. The van der Waals surface area contributed by atoms with Gasteiger partial charge in [-0.2, -0.15) is 0 Å². The van der Waals surface area contributed by atoms with Crippen LogP contribution < -0.4 is 5.32 Å². The fourth-order valence-electron chi connectivity index (χ4n) is 2.10. The van der Waals surface area contributed by atoms with Crippen LogP contribution in [0.25, 0.3) is 0 Å². The summed E-state index contributed by atoms with van der Waals surface area (Å²) < 4.78 is 0. The zero-order valence-corrected chi connectivity index (χ0v) is 13.2. The summed E-state index contributed by atoms with van der Waals surface area (Å²) in [5.41, 5.74) is 2.13. The SMILES string of the molecule is CC(C)c1ccc(C(C)(C)CNCC(C)(C)O)cc1. The van der Waals surface area contributed by atoms with Crippen LogP contribution in [0.3, 0.4) is 0 Å². The molecule has 1 aromatic rings. The van der Waals surface area contributed by atoms with Gasteiger partial charge in [-0.3, -0.25) is 0 Å². The van der Waals surface area contributed by atoms with Gasteiger partial charge >= 0.3 is 0 Å². The quantitative estimate of drug-likeness (QED) is 0.824. The highest BCUT2D eigenvalue weighted by molar-refractivity contribution is 5.29. The van der Waals surface area contributed by atoms with Crippen LogP contribution in [0.2, 0.25) is 0 Å². The van der Waals surface area contributed by atoms with E-state index in [0.29, 0.717) is 12.5 Å². The molecular formula is C17H29NO. The van der Waals surface area contributed by atoms with Gasteiger partial charge in [-0.25, -0.2) is 0 Å². The van der Waals surface area contributed by atoms with Crippen LogP contribution in [-0.2, 0) is 5.41 Å². The van der Waals surface area contributed by atoms with Crippen molar-refractivity contribution < 1.29 is 5.11 Å². The lowest BCUT2D eigenvalue weighted by molar-refractivity contribution is 0.0785. The minimum absolute atomic E-state index is 0.0702. The first-order valence-corrected chi connectivity index (χ1v) is 7.15. The highest BCUT2D eigenvalue weighted by Gasteiger charge is 2.21. The lowest BCUT2D eigenvalue weighted by atomic mass is 9.83. The zero-order valence-electron chi connectivity index (χ0n) is 13.2. The molecular weight excluding hydrogens is 234 g/mol. The van der Waals surface area contributed by atoms with E-state index in [-0.39, 0.29) is 5.41 Å². The zero-order chi connectivity index (χ0) is 14.7. The second-order valence-corrected chi connectivity index (χ2v) is 7.08. The molecule has 1 rings (SSSR count). The summed E-state index contributed by atoms with van der Waals surface area (Å²) >= 11 is 0. The lowest BCUT2D eigenvalue weighted by Gasteiger charge is -2.28. The summed E-state index contributed by atoms with van der Waals surface area (Å²) in [4.78, 5) is 0. The van der Waals surface area contributed by atoms with Crippen molar-refractivity contribution in [3.8, 4) is 0 Å². The summed E-state index contributed by atoms with van der Waals surface area (Å²) in [6.45, 7) is 14.0. The molecule has 1 aromatic carbocycles. The molecule has 0 fully saturated rings. The summed E-state index contributed by atoms with van der Waals surface area (Å²) in [7, 11) is 0. The molecule has 0 aliphatic heterocycles. The molecule has 0 spiro atoms. The molecule has 0 aliphatic carbocycles. The lowest BCUT2D eigenvalue weighted by Crippen LogP contribution is -2.41. The van der Waals surface area contributed by atoms with Gasteiger partial charge < -0.3 is 10.4 Å². The molecule has 0 saturated carbocycles. The van der Waals surface area contributed by atoms with E-state index in [4.69, 9.17) is 0 Å². The molecule has 0 bridgehead atoms. The number of hydrogen-bond donors (Lipinski definition) is 2. The summed E-state index contributed by atoms with van der Waals surface area (Å²) in [5.74, 6) is 0.575. The Balaban J connectivity index is 2.66. The Bertz CT molecular complexity index is 385. The Morgan fingerprint density at radius 2 is 1.53 bits per heavy atom. The standard InChI is InChI=1S/C17H29NO/c1-13(2)14-7-9-15(10-8-14)16(3,4)11-18-12-17(5,6)19/h7-10,13,18-19H,11-12H2,1-6H3. The predicted molar refractivity (Wildman–Crippen MR) is 82.7 cm³/mol. The third-order valence-corrected chi connectivity index (χ3v) is 3.48. The average molecular weight is 263 g/mol. The van der Waals surface area contributed by atoms with Gasteiger partial charge in [0.15, 0.2) is 0 Å². The Morgan fingerprint density at radius 3 is 1.95 bits per heavy atom. The molecule has 19 heavy (non-hydrogen) atoms. The molecule has 0 aromatic heterocycles. The molecule has 0 amide bonds. The van der Waals surface area contributed by atoms with E-state index in [1.54, 1.807) is 0 Å². The van der Waals surface area contributed by atoms with E-state index in [1.807, 2.05) is 13.8 Å². The average Bonchev–Trinajstić information content (AvgIpc) is 2.27. The van der Waals surface area contributed by atoms with Gasteiger partial charge in [0.05, 0.1) is 5.60 Å². The van der Waals surface area contributed by atoms with E-state index >= 15 is 0 Å². The summed E-state index contributed by atoms with van der Waals surface area (Å²) in [6, 6.07) is 8.89. The van der Waals surface area contributed by atoms with Crippen molar-refractivity contribution in [1.82, 2.24) is 5.32 Å². The fourth-order valence-corrected chi connectivity index (χ4v) is 2.10. The first-order chi connectivity index (χ1) is 8.62. The highest BCUT2D eigenvalue weighted by Crippen LogP contribution is 2.24. The van der Waals surface area contributed by atoms with E-state index in [2.05, 4.69) is 57.3 Å². The number of aliphatic hydroxyl groups is 1. The van der Waals surface area contributed by atoms with E-state index in [9.17, 15) is 5.11 Å². The number of rotatable bonds is 6. The van der Waals surface area contributed by atoms with E-state index < -0.39 is 5.60 Å². The molecule has 2 nitrogen and oxygen atoms in total. The third kappa shape index (κ3) is 5.33. The van der Waals surface area contributed by atoms with Crippen molar-refractivity contribution in [3.63, 3.8) is 0 Å². The van der Waals surface area contributed by atoms with Gasteiger partial charge in [-0.15, -0.1) is 0 Å². The first-order valence-electron chi connectivity index (χ1n) is 7.15. The maximum atomic E-state index is 9.72. The van der Waals surface area contributed by atoms with Gasteiger partial charge in [-0.1, -0.05) is 52.0 Å². The smallest absolute Gasteiger partial charge is 0.0715 e. The van der Waals surface area contributed by atoms with Gasteiger partial charge in [0.1, 0.15) is 0 Å². The normalized spacial score (nSPS) is 13.1. The highest BCUT2D eigenvalue weighted by atomic mass is 16.3. The van der Waals surface area contributed by atoms with Crippen molar-refractivity contribution in [2.75, 3.05) is 13.1 Å². The van der Waals surface area contributed by atoms with Crippen LogP contribution in [0.1, 0.15) is 58.6 Å². The molecule has 0 atom stereocenters. The van der Waals surface area contributed by atoms with Crippen molar-refractivity contribution in [2.45, 2.75) is 58.5 Å². The first kappa shape index (κ1) is 16.2. The Kier molecular flexibility index (Phi) is 5.17. The minimum atomic E-state index is -0.655. The van der Waals surface area contributed by atoms with Gasteiger partial charge in [0, 0.05) is 18.5 Å². The van der Waals surface area contributed by atoms with Crippen LogP contribution in [-0.4, -0.2) is 23.8 Å². The topological polar surface area (TPSA) is 32.3 Å². The van der Waals surface area contributed by atoms with Gasteiger partial charge in [-0.05, 0) is 30.9 Å². The molecule has 108 valence electrons. The third-order valence-electron chi connectivity index (χ3n) is 3.48. The fraction of sp³-hybridized carbons (Fsp3) is 0.647. The Labute approximate surface area is 118 Å². The number of benzene rings is 1. The van der Waals surface area contributed by atoms with Crippen molar-refractivity contribution in [2.24, 2.45) is 0 Å². The Hall–Kier alpha value is -0.860. The van der Waals surface area contributed by atoms with Crippen LogP contribution in [0.5, 0.6) is 0 Å². The van der Waals surface area contributed by atoms with E-state index in [1.165, 1.54) is 11.1 Å². The van der Waals surface area contributed by atoms with Crippen molar-refractivity contribution in [3.05, 3.63) is 35.4 Å². The largest absolute Gasteiger partial charge is 0.389 e. The maximum absolute atomic E-state index is 9.72. The summed E-state index contributed by atoms with van der Waals surface area (Å²) in [5, 5.41) is 13.1. The monoisotopic (exact) mass is 263 g/mol. The molecule has 0 saturated heterocycles. The molecule has 2 heteroatoms. The maximum Gasteiger partial charge on any atom is 0.0715 e. The predicted octanol–water partition coefficient (Wildman–Crippen LogP) is 3.45. The second-order valence-electron chi connectivity index (χ2n) is 7.08. The van der Waals surface area contributed by atoms with Gasteiger partial charge in [0.25, 0.3) is 0 Å².